The average molecular weight is 286 g/mol. The van der Waals surface area contributed by atoms with Gasteiger partial charge in [0, 0.05) is 25.5 Å². The van der Waals surface area contributed by atoms with E-state index in [0.717, 1.165) is 5.56 Å². The number of halogens is 3. The van der Waals surface area contributed by atoms with Crippen molar-refractivity contribution in [3.63, 3.8) is 0 Å². The Labute approximate surface area is 115 Å². The molecule has 0 amide bonds. The van der Waals surface area contributed by atoms with E-state index in [0.29, 0.717) is 12.3 Å². The van der Waals surface area contributed by atoms with E-state index >= 15 is 0 Å². The minimum atomic E-state index is -4.23. The second-order valence-corrected chi connectivity index (χ2v) is 4.83. The van der Waals surface area contributed by atoms with Gasteiger partial charge in [-0.05, 0) is 5.56 Å². The van der Waals surface area contributed by atoms with E-state index in [9.17, 15) is 13.2 Å². The molecule has 0 spiro atoms. The highest BCUT2D eigenvalue weighted by Gasteiger charge is 2.38. The van der Waals surface area contributed by atoms with Gasteiger partial charge in [-0.3, -0.25) is 0 Å². The minimum Gasteiger partial charge on any atom is -0.384 e. The molecule has 110 valence electrons. The first-order valence-electron chi connectivity index (χ1n) is 6.42. The third kappa shape index (κ3) is 3.72. The molecular weight excluding hydrogens is 269 g/mol. The summed E-state index contributed by atoms with van der Waals surface area (Å²) in [6, 6.07) is 9.45. The summed E-state index contributed by atoms with van der Waals surface area (Å²) in [5.74, 6) is -0.876. The number of nitrogens with one attached hydrogen (secondary N) is 1. The molecule has 2 atom stereocenters. The maximum Gasteiger partial charge on any atom is 0.389 e. The van der Waals surface area contributed by atoms with Crippen molar-refractivity contribution in [2.24, 2.45) is 11.0 Å². The Kier molecular flexibility index (Phi) is 4.65. The molecule has 1 heterocycles. The van der Waals surface area contributed by atoms with Crippen molar-refractivity contribution in [1.82, 2.24) is 5.43 Å². The number of methoxy groups -OCH3 is 1. The predicted octanol–water partition coefficient (Wildman–Crippen LogP) is 2.94. The van der Waals surface area contributed by atoms with Crippen molar-refractivity contribution in [2.75, 3.05) is 20.3 Å². The maximum atomic E-state index is 12.7. The molecule has 1 N–H and O–H groups in total. The first kappa shape index (κ1) is 14.8. The summed E-state index contributed by atoms with van der Waals surface area (Å²) in [6.45, 7) is 0.542. The molecule has 0 saturated carbocycles. The van der Waals surface area contributed by atoms with Gasteiger partial charge in [0.25, 0.3) is 0 Å². The van der Waals surface area contributed by atoms with E-state index in [1.54, 1.807) is 0 Å². The number of rotatable bonds is 5. The third-order valence-electron chi connectivity index (χ3n) is 3.33. The Morgan fingerprint density at radius 2 is 2.05 bits per heavy atom. The molecule has 2 unspecified atom stereocenters. The molecule has 1 aliphatic rings. The Morgan fingerprint density at radius 1 is 1.35 bits per heavy atom. The molecule has 2 rings (SSSR count). The lowest BCUT2D eigenvalue weighted by atomic mass is 9.86. The lowest BCUT2D eigenvalue weighted by molar-refractivity contribution is -0.142. The lowest BCUT2D eigenvalue weighted by Gasteiger charge is -2.22. The van der Waals surface area contributed by atoms with Gasteiger partial charge in [-0.2, -0.15) is 18.3 Å². The van der Waals surface area contributed by atoms with Crippen LogP contribution in [0.15, 0.2) is 35.4 Å². The van der Waals surface area contributed by atoms with Gasteiger partial charge in [0.1, 0.15) is 0 Å². The number of hydrogen-bond acceptors (Lipinski definition) is 3. The van der Waals surface area contributed by atoms with E-state index in [1.165, 1.54) is 7.11 Å². The fraction of sp³-hybridized carbons (Fsp3) is 0.500. The van der Waals surface area contributed by atoms with E-state index in [4.69, 9.17) is 4.74 Å². The first-order valence-corrected chi connectivity index (χ1v) is 6.42. The maximum absolute atomic E-state index is 12.7. The van der Waals surface area contributed by atoms with Gasteiger partial charge >= 0.3 is 6.18 Å². The zero-order valence-corrected chi connectivity index (χ0v) is 11.2. The number of nitrogens with zero attached hydrogens (tertiary/aromatic N) is 1. The average Bonchev–Trinajstić information content (AvgIpc) is 2.87. The highest BCUT2D eigenvalue weighted by molar-refractivity contribution is 5.94. The molecule has 0 bridgehead atoms. The highest BCUT2D eigenvalue weighted by atomic mass is 19.4. The normalized spacial score (nSPS) is 20.4. The predicted molar refractivity (Wildman–Crippen MR) is 70.7 cm³/mol. The fourth-order valence-corrected chi connectivity index (χ4v) is 2.49. The van der Waals surface area contributed by atoms with Crippen molar-refractivity contribution < 1.29 is 17.9 Å². The van der Waals surface area contributed by atoms with E-state index in [2.05, 4.69) is 10.5 Å². The Morgan fingerprint density at radius 3 is 2.65 bits per heavy atom. The third-order valence-corrected chi connectivity index (χ3v) is 3.33. The van der Waals surface area contributed by atoms with E-state index in [-0.39, 0.29) is 12.5 Å². The van der Waals surface area contributed by atoms with Crippen molar-refractivity contribution >= 4 is 5.71 Å². The second kappa shape index (κ2) is 6.26. The molecule has 0 saturated heterocycles. The van der Waals surface area contributed by atoms with Gasteiger partial charge in [0.05, 0.1) is 18.7 Å². The lowest BCUT2D eigenvalue weighted by Crippen LogP contribution is -2.29. The monoisotopic (exact) mass is 286 g/mol. The SMILES string of the molecule is COCC(CC(F)(F)F)C1=NNCC1c1ccccc1. The number of ether oxygens (including phenoxy) is 1. The van der Waals surface area contributed by atoms with Crippen molar-refractivity contribution in [3.05, 3.63) is 35.9 Å². The van der Waals surface area contributed by atoms with Crippen molar-refractivity contribution in [1.29, 1.82) is 0 Å². The Bertz CT molecular complexity index is 459. The topological polar surface area (TPSA) is 33.6 Å². The highest BCUT2D eigenvalue weighted by Crippen LogP contribution is 2.32. The van der Waals surface area contributed by atoms with Gasteiger partial charge < -0.3 is 10.2 Å². The smallest absolute Gasteiger partial charge is 0.384 e. The van der Waals surface area contributed by atoms with Crippen LogP contribution in [-0.4, -0.2) is 32.1 Å². The fourth-order valence-electron chi connectivity index (χ4n) is 2.49. The van der Waals surface area contributed by atoms with Crippen LogP contribution in [0.25, 0.3) is 0 Å². The summed E-state index contributed by atoms with van der Waals surface area (Å²) in [5.41, 5.74) is 4.31. The van der Waals surface area contributed by atoms with Gasteiger partial charge in [0.2, 0.25) is 0 Å². The molecule has 0 radical (unpaired) electrons. The summed E-state index contributed by atoms with van der Waals surface area (Å²) in [6.07, 6.45) is -5.14. The number of alkyl halides is 3. The van der Waals surface area contributed by atoms with Gasteiger partial charge in [0.15, 0.2) is 0 Å². The quantitative estimate of drug-likeness (QED) is 0.903. The zero-order chi connectivity index (χ0) is 14.6. The van der Waals surface area contributed by atoms with Crippen molar-refractivity contribution in [3.8, 4) is 0 Å². The van der Waals surface area contributed by atoms with Crippen LogP contribution in [0.4, 0.5) is 13.2 Å². The van der Waals surface area contributed by atoms with Gasteiger partial charge in [-0.15, -0.1) is 0 Å². The van der Waals surface area contributed by atoms with Crippen LogP contribution >= 0.6 is 0 Å². The molecule has 20 heavy (non-hydrogen) atoms. The molecule has 3 nitrogen and oxygen atoms in total. The van der Waals surface area contributed by atoms with Gasteiger partial charge in [-0.1, -0.05) is 30.3 Å². The summed E-state index contributed by atoms with van der Waals surface area (Å²) in [4.78, 5) is 0. The number of hydrazone groups is 1. The van der Waals surface area contributed by atoms with Crippen molar-refractivity contribution in [2.45, 2.75) is 18.5 Å². The first-order chi connectivity index (χ1) is 9.51. The van der Waals surface area contributed by atoms with Crippen LogP contribution in [-0.2, 0) is 4.74 Å². The van der Waals surface area contributed by atoms with E-state index in [1.807, 2.05) is 30.3 Å². The second-order valence-electron chi connectivity index (χ2n) is 4.83. The van der Waals surface area contributed by atoms with Crippen LogP contribution in [0.3, 0.4) is 0 Å². The standard InChI is InChI=1S/C14H17F3N2O/c1-20-9-11(7-14(15,16)17)13-12(8-18-19-13)10-5-3-2-4-6-10/h2-6,11-12,18H,7-9H2,1H3. The molecular formula is C14H17F3N2O. The largest absolute Gasteiger partial charge is 0.389 e. The van der Waals surface area contributed by atoms with Crippen LogP contribution < -0.4 is 5.43 Å². The molecule has 1 aromatic carbocycles. The minimum absolute atomic E-state index is 0.0172. The molecule has 1 aliphatic heterocycles. The number of benzene rings is 1. The Balaban J connectivity index is 2.19. The van der Waals surface area contributed by atoms with Crippen LogP contribution in [0.1, 0.15) is 17.9 Å². The summed E-state index contributed by atoms with van der Waals surface area (Å²) >= 11 is 0. The summed E-state index contributed by atoms with van der Waals surface area (Å²) in [7, 11) is 1.41. The molecule has 6 heteroatoms. The van der Waals surface area contributed by atoms with Crippen LogP contribution in [0.5, 0.6) is 0 Å². The van der Waals surface area contributed by atoms with Crippen LogP contribution in [0, 0.1) is 5.92 Å². The molecule has 1 aromatic rings. The number of hydrogen-bond donors (Lipinski definition) is 1. The Hall–Kier alpha value is -1.56. The van der Waals surface area contributed by atoms with Gasteiger partial charge in [-0.25, -0.2) is 0 Å². The zero-order valence-electron chi connectivity index (χ0n) is 11.2. The summed E-state index contributed by atoms with van der Waals surface area (Å²) in [5, 5.41) is 4.08. The van der Waals surface area contributed by atoms with Crippen LogP contribution in [0.2, 0.25) is 0 Å². The molecule has 0 aromatic heterocycles. The molecule has 0 fully saturated rings. The van der Waals surface area contributed by atoms with E-state index < -0.39 is 18.5 Å². The molecule has 0 aliphatic carbocycles. The summed E-state index contributed by atoms with van der Waals surface area (Å²) < 4.78 is 43.0.